The van der Waals surface area contributed by atoms with Crippen LogP contribution in [0.25, 0.3) is 16.2 Å². The van der Waals surface area contributed by atoms with Gasteiger partial charge in [0.05, 0.1) is 12.1 Å². The Kier molecular flexibility index (Phi) is 5.27. The van der Waals surface area contributed by atoms with Gasteiger partial charge in [0, 0.05) is 36.0 Å². The lowest BCUT2D eigenvalue weighted by molar-refractivity contribution is -0.120. The number of carbonyl (C=O) groups excluding carboxylic acids is 1. The second kappa shape index (κ2) is 7.59. The number of carbonyl (C=O) groups is 1. The second-order valence-corrected chi connectivity index (χ2v) is 6.50. The molecule has 0 radical (unpaired) electrons. The molecular weight excluding hydrogens is 322 g/mol. The molecule has 0 fully saturated rings. The number of nitrogens with one attached hydrogen (secondary N) is 1. The van der Waals surface area contributed by atoms with Crippen LogP contribution in [0.1, 0.15) is 24.6 Å². The van der Waals surface area contributed by atoms with Gasteiger partial charge in [-0.1, -0.05) is 31.2 Å². The topological polar surface area (TPSA) is 66.6 Å². The summed E-state index contributed by atoms with van der Waals surface area (Å²) in [7, 11) is 0. The summed E-state index contributed by atoms with van der Waals surface area (Å²) in [6, 6.07) is 8.43. The first kappa shape index (κ1) is 16.7. The highest BCUT2D eigenvalue weighted by Gasteiger charge is 2.12. The van der Waals surface area contributed by atoms with Gasteiger partial charge >= 0.3 is 0 Å². The SMILES string of the molecule is CCc1ccc(-c2cn3c(CC(=O)NCCCO)csc3n2)cc1. The number of aliphatic hydroxyl groups is 1. The Morgan fingerprint density at radius 3 is 2.83 bits per heavy atom. The fourth-order valence-electron chi connectivity index (χ4n) is 2.54. The summed E-state index contributed by atoms with van der Waals surface area (Å²) in [6.45, 7) is 2.73. The minimum absolute atomic E-state index is 0.0364. The molecule has 0 aliphatic heterocycles. The number of aromatic nitrogens is 2. The molecule has 0 bridgehead atoms. The van der Waals surface area contributed by atoms with E-state index < -0.39 is 0 Å². The zero-order valence-corrected chi connectivity index (χ0v) is 14.5. The van der Waals surface area contributed by atoms with Crippen LogP contribution in [0.5, 0.6) is 0 Å². The van der Waals surface area contributed by atoms with Crippen LogP contribution in [-0.4, -0.2) is 33.6 Å². The Morgan fingerprint density at radius 2 is 2.12 bits per heavy atom. The molecule has 0 unspecified atom stereocenters. The number of hydrogen-bond acceptors (Lipinski definition) is 4. The van der Waals surface area contributed by atoms with Crippen molar-refractivity contribution in [1.29, 1.82) is 0 Å². The lowest BCUT2D eigenvalue weighted by atomic mass is 10.1. The number of benzene rings is 1. The fraction of sp³-hybridized carbons (Fsp3) is 0.333. The smallest absolute Gasteiger partial charge is 0.225 e. The molecular formula is C18H21N3O2S. The number of nitrogens with zero attached hydrogens (tertiary/aromatic N) is 2. The van der Waals surface area contributed by atoms with E-state index in [2.05, 4.69) is 41.5 Å². The third-order valence-corrected chi connectivity index (χ3v) is 4.83. The van der Waals surface area contributed by atoms with Crippen LogP contribution in [0.15, 0.2) is 35.8 Å². The van der Waals surface area contributed by atoms with E-state index in [1.165, 1.54) is 16.9 Å². The number of amides is 1. The van der Waals surface area contributed by atoms with Gasteiger partial charge in [0.25, 0.3) is 0 Å². The zero-order chi connectivity index (χ0) is 16.9. The number of imidazole rings is 1. The van der Waals surface area contributed by atoms with Gasteiger partial charge in [0.15, 0.2) is 4.96 Å². The molecule has 3 rings (SSSR count). The first-order valence-electron chi connectivity index (χ1n) is 8.13. The molecule has 2 aromatic heterocycles. The third kappa shape index (κ3) is 3.66. The van der Waals surface area contributed by atoms with Crippen LogP contribution in [0.3, 0.4) is 0 Å². The predicted octanol–water partition coefficient (Wildman–Crippen LogP) is 2.67. The van der Waals surface area contributed by atoms with E-state index in [0.717, 1.165) is 28.3 Å². The van der Waals surface area contributed by atoms with E-state index in [1.54, 1.807) is 0 Å². The van der Waals surface area contributed by atoms with Crippen LogP contribution < -0.4 is 5.32 Å². The van der Waals surface area contributed by atoms with Crippen molar-refractivity contribution in [3.05, 3.63) is 47.1 Å². The van der Waals surface area contributed by atoms with Gasteiger partial charge in [0.1, 0.15) is 0 Å². The highest BCUT2D eigenvalue weighted by atomic mass is 32.1. The van der Waals surface area contributed by atoms with Crippen molar-refractivity contribution in [1.82, 2.24) is 14.7 Å². The molecule has 5 nitrogen and oxygen atoms in total. The molecule has 0 aliphatic rings. The quantitative estimate of drug-likeness (QED) is 0.648. The van der Waals surface area contributed by atoms with Crippen LogP contribution in [0.4, 0.5) is 0 Å². The minimum atomic E-state index is -0.0364. The summed E-state index contributed by atoms with van der Waals surface area (Å²) in [4.78, 5) is 17.5. The fourth-order valence-corrected chi connectivity index (χ4v) is 3.41. The molecule has 0 saturated carbocycles. The normalized spacial score (nSPS) is 11.1. The van der Waals surface area contributed by atoms with Crippen LogP contribution in [-0.2, 0) is 17.6 Å². The molecule has 0 aliphatic carbocycles. The number of hydrogen-bond donors (Lipinski definition) is 2. The maximum absolute atomic E-state index is 12.0. The summed E-state index contributed by atoms with van der Waals surface area (Å²) in [6.07, 6.45) is 3.90. The second-order valence-electron chi connectivity index (χ2n) is 5.66. The predicted molar refractivity (Wildman–Crippen MR) is 96.3 cm³/mol. The lowest BCUT2D eigenvalue weighted by Crippen LogP contribution is -2.26. The summed E-state index contributed by atoms with van der Waals surface area (Å²) in [5, 5.41) is 13.5. The van der Waals surface area contributed by atoms with Crippen molar-refractivity contribution >= 4 is 22.2 Å². The van der Waals surface area contributed by atoms with Gasteiger partial charge < -0.3 is 10.4 Å². The van der Waals surface area contributed by atoms with E-state index in [1.807, 2.05) is 16.0 Å². The largest absolute Gasteiger partial charge is 0.396 e. The third-order valence-electron chi connectivity index (χ3n) is 3.94. The highest BCUT2D eigenvalue weighted by molar-refractivity contribution is 7.15. The molecule has 2 N–H and O–H groups in total. The van der Waals surface area contributed by atoms with Gasteiger partial charge in [-0.25, -0.2) is 4.98 Å². The average molecular weight is 343 g/mol. The molecule has 0 atom stereocenters. The standard InChI is InChI=1S/C18H21N3O2S/c1-2-13-4-6-14(7-5-13)16-11-21-15(12-24-18(21)20-16)10-17(23)19-8-3-9-22/h4-7,11-12,22H,2-3,8-10H2,1H3,(H,19,23). The molecule has 3 aromatic rings. The number of fused-ring (bicyclic) bond motifs is 1. The van der Waals surface area contributed by atoms with Crippen molar-refractivity contribution in [3.8, 4) is 11.3 Å². The zero-order valence-electron chi connectivity index (χ0n) is 13.7. The molecule has 0 saturated heterocycles. The van der Waals surface area contributed by atoms with Crippen molar-refractivity contribution in [2.45, 2.75) is 26.2 Å². The number of rotatable bonds is 7. The summed E-state index contributed by atoms with van der Waals surface area (Å²) >= 11 is 1.54. The lowest BCUT2D eigenvalue weighted by Gasteiger charge is -2.03. The Labute approximate surface area is 145 Å². The van der Waals surface area contributed by atoms with Gasteiger partial charge in [-0.2, -0.15) is 0 Å². The maximum atomic E-state index is 12.0. The molecule has 0 spiro atoms. The van der Waals surface area contributed by atoms with Gasteiger partial charge in [-0.15, -0.1) is 11.3 Å². The Bertz CT molecular complexity index is 821. The number of aryl methyl sites for hydroxylation is 1. The molecule has 2 heterocycles. The maximum Gasteiger partial charge on any atom is 0.225 e. The summed E-state index contributed by atoms with van der Waals surface area (Å²) < 4.78 is 1.99. The van der Waals surface area contributed by atoms with E-state index in [9.17, 15) is 4.79 Å². The average Bonchev–Trinajstić information content (AvgIpc) is 3.17. The van der Waals surface area contributed by atoms with Gasteiger partial charge in [-0.3, -0.25) is 9.20 Å². The molecule has 1 amide bonds. The monoisotopic (exact) mass is 343 g/mol. The molecule has 6 heteroatoms. The number of thiazole rings is 1. The van der Waals surface area contributed by atoms with Crippen LogP contribution in [0.2, 0.25) is 0 Å². The van der Waals surface area contributed by atoms with Crippen LogP contribution in [0, 0.1) is 0 Å². The summed E-state index contributed by atoms with van der Waals surface area (Å²) in [5.41, 5.74) is 4.24. The number of aliphatic hydroxyl groups excluding tert-OH is 1. The molecule has 126 valence electrons. The summed E-state index contributed by atoms with van der Waals surface area (Å²) in [5.74, 6) is -0.0364. The van der Waals surface area contributed by atoms with E-state index in [-0.39, 0.29) is 12.5 Å². The van der Waals surface area contributed by atoms with Crippen LogP contribution >= 0.6 is 11.3 Å². The minimum Gasteiger partial charge on any atom is -0.396 e. The van der Waals surface area contributed by atoms with Crippen molar-refractivity contribution < 1.29 is 9.90 Å². The molecule has 1 aromatic carbocycles. The Balaban J connectivity index is 1.77. The Hall–Kier alpha value is -2.18. The van der Waals surface area contributed by atoms with Gasteiger partial charge in [0.2, 0.25) is 5.91 Å². The first-order chi connectivity index (χ1) is 11.7. The molecule has 24 heavy (non-hydrogen) atoms. The van der Waals surface area contributed by atoms with Gasteiger partial charge in [-0.05, 0) is 18.4 Å². The van der Waals surface area contributed by atoms with Crippen molar-refractivity contribution in [3.63, 3.8) is 0 Å². The van der Waals surface area contributed by atoms with E-state index in [4.69, 9.17) is 5.11 Å². The first-order valence-corrected chi connectivity index (χ1v) is 9.01. The van der Waals surface area contributed by atoms with Crippen molar-refractivity contribution in [2.24, 2.45) is 0 Å². The highest BCUT2D eigenvalue weighted by Crippen LogP contribution is 2.24. The van der Waals surface area contributed by atoms with E-state index >= 15 is 0 Å². The van der Waals surface area contributed by atoms with Crippen molar-refractivity contribution in [2.75, 3.05) is 13.2 Å². The Morgan fingerprint density at radius 1 is 1.33 bits per heavy atom. The van der Waals surface area contributed by atoms with E-state index in [0.29, 0.717) is 19.4 Å².